The Balaban J connectivity index is 1.96. The molecule has 2 aromatic rings. The minimum absolute atomic E-state index is 0.151. The highest BCUT2D eigenvalue weighted by Gasteiger charge is 2.30. The Labute approximate surface area is 153 Å². The summed E-state index contributed by atoms with van der Waals surface area (Å²) >= 11 is 0. The lowest BCUT2D eigenvalue weighted by molar-refractivity contribution is -0.121. The van der Waals surface area contributed by atoms with Crippen molar-refractivity contribution in [3.8, 4) is 0 Å². The van der Waals surface area contributed by atoms with E-state index in [0.29, 0.717) is 17.8 Å². The van der Waals surface area contributed by atoms with E-state index in [1.807, 2.05) is 39.0 Å². The van der Waals surface area contributed by atoms with Crippen LogP contribution in [-0.4, -0.2) is 24.3 Å². The van der Waals surface area contributed by atoms with Crippen LogP contribution in [0.1, 0.15) is 41.3 Å². The molecule has 0 radical (unpaired) electrons. The Kier molecular flexibility index (Phi) is 4.89. The van der Waals surface area contributed by atoms with Gasteiger partial charge in [-0.25, -0.2) is 0 Å². The SMILES string of the molecule is CCN(C(=O)c1cccc(N2C(=O)CCC2=O)c1)c1cc(C)ccc1C. The molecule has 1 aliphatic heterocycles. The molecular formula is C21H22N2O3. The molecule has 0 saturated carbocycles. The lowest BCUT2D eigenvalue weighted by Gasteiger charge is -2.24. The van der Waals surface area contributed by atoms with Gasteiger partial charge in [-0.2, -0.15) is 0 Å². The lowest BCUT2D eigenvalue weighted by Crippen LogP contribution is -2.32. The highest BCUT2D eigenvalue weighted by atomic mass is 16.2. The third-order valence-corrected chi connectivity index (χ3v) is 4.62. The summed E-state index contributed by atoms with van der Waals surface area (Å²) in [4.78, 5) is 39.9. The zero-order valence-corrected chi connectivity index (χ0v) is 15.3. The molecule has 26 heavy (non-hydrogen) atoms. The first-order valence-electron chi connectivity index (χ1n) is 8.77. The van der Waals surface area contributed by atoms with Gasteiger partial charge < -0.3 is 4.90 Å². The van der Waals surface area contributed by atoms with Crippen LogP contribution >= 0.6 is 0 Å². The average molecular weight is 350 g/mol. The standard InChI is InChI=1S/C21H22N2O3/c1-4-22(18-12-14(2)8-9-15(18)3)21(26)16-6-5-7-17(13-16)23-19(24)10-11-20(23)25/h5-9,12-13H,4,10-11H2,1-3H3. The Hall–Kier alpha value is -2.95. The van der Waals surface area contributed by atoms with Crippen molar-refractivity contribution in [3.05, 3.63) is 59.2 Å². The van der Waals surface area contributed by atoms with Gasteiger partial charge in [0.05, 0.1) is 5.69 Å². The fourth-order valence-electron chi connectivity index (χ4n) is 3.23. The number of anilines is 2. The van der Waals surface area contributed by atoms with Gasteiger partial charge >= 0.3 is 0 Å². The number of amides is 3. The van der Waals surface area contributed by atoms with Gasteiger partial charge in [-0.05, 0) is 56.2 Å². The van der Waals surface area contributed by atoms with Gasteiger partial charge in [0.1, 0.15) is 0 Å². The van der Waals surface area contributed by atoms with Crippen LogP contribution < -0.4 is 9.80 Å². The quantitative estimate of drug-likeness (QED) is 0.791. The van der Waals surface area contributed by atoms with Crippen molar-refractivity contribution in [2.24, 2.45) is 0 Å². The van der Waals surface area contributed by atoms with E-state index in [1.165, 1.54) is 4.90 Å². The van der Waals surface area contributed by atoms with E-state index in [1.54, 1.807) is 29.2 Å². The monoisotopic (exact) mass is 350 g/mol. The van der Waals surface area contributed by atoms with Gasteiger partial charge in [0, 0.05) is 30.6 Å². The summed E-state index contributed by atoms with van der Waals surface area (Å²) in [5, 5.41) is 0. The zero-order chi connectivity index (χ0) is 18.8. The number of nitrogens with zero attached hydrogens (tertiary/aromatic N) is 2. The summed E-state index contributed by atoms with van der Waals surface area (Å²) in [6, 6.07) is 12.7. The van der Waals surface area contributed by atoms with Crippen molar-refractivity contribution in [3.63, 3.8) is 0 Å². The first-order valence-corrected chi connectivity index (χ1v) is 8.77. The number of imide groups is 1. The Morgan fingerprint density at radius 2 is 1.73 bits per heavy atom. The van der Waals surface area contributed by atoms with Crippen LogP contribution in [0.15, 0.2) is 42.5 Å². The van der Waals surface area contributed by atoms with Gasteiger partial charge in [-0.15, -0.1) is 0 Å². The second-order valence-electron chi connectivity index (χ2n) is 6.51. The predicted octanol–water partition coefficient (Wildman–Crippen LogP) is 3.62. The van der Waals surface area contributed by atoms with Gasteiger partial charge in [-0.3, -0.25) is 19.3 Å². The van der Waals surface area contributed by atoms with Gasteiger partial charge in [-0.1, -0.05) is 18.2 Å². The average Bonchev–Trinajstić information content (AvgIpc) is 2.97. The van der Waals surface area contributed by atoms with E-state index in [2.05, 4.69) is 0 Å². The second-order valence-corrected chi connectivity index (χ2v) is 6.51. The number of rotatable bonds is 4. The first-order chi connectivity index (χ1) is 12.4. The van der Waals surface area contributed by atoms with Crippen molar-refractivity contribution in [1.29, 1.82) is 0 Å². The minimum atomic E-state index is -0.221. The molecular weight excluding hydrogens is 328 g/mol. The smallest absolute Gasteiger partial charge is 0.258 e. The molecule has 2 aromatic carbocycles. The van der Waals surface area contributed by atoms with Crippen molar-refractivity contribution in [1.82, 2.24) is 0 Å². The van der Waals surface area contributed by atoms with Gasteiger partial charge in [0.15, 0.2) is 0 Å². The highest BCUT2D eigenvalue weighted by Crippen LogP contribution is 2.26. The lowest BCUT2D eigenvalue weighted by atomic mass is 10.1. The zero-order valence-electron chi connectivity index (χ0n) is 15.3. The molecule has 0 spiro atoms. The Bertz CT molecular complexity index is 873. The molecule has 0 N–H and O–H groups in total. The molecule has 5 heteroatoms. The largest absolute Gasteiger partial charge is 0.308 e. The number of aryl methyl sites for hydroxylation is 2. The second kappa shape index (κ2) is 7.12. The van der Waals surface area contributed by atoms with E-state index in [0.717, 1.165) is 16.8 Å². The summed E-state index contributed by atoms with van der Waals surface area (Å²) in [5.74, 6) is -0.593. The van der Waals surface area contributed by atoms with Gasteiger partial charge in [0.25, 0.3) is 5.91 Å². The number of carbonyl (C=O) groups excluding carboxylic acids is 3. The number of carbonyl (C=O) groups is 3. The molecule has 0 unspecified atom stereocenters. The number of hydrogen-bond donors (Lipinski definition) is 0. The maximum Gasteiger partial charge on any atom is 0.258 e. The van der Waals surface area contributed by atoms with Crippen molar-refractivity contribution >= 4 is 29.1 Å². The normalized spacial score (nSPS) is 14.0. The van der Waals surface area contributed by atoms with Crippen LogP contribution in [0.5, 0.6) is 0 Å². The maximum atomic E-state index is 13.1. The third kappa shape index (κ3) is 3.25. The van der Waals surface area contributed by atoms with Crippen LogP contribution in [-0.2, 0) is 9.59 Å². The summed E-state index contributed by atoms with van der Waals surface area (Å²) in [5.41, 5.74) is 3.89. The molecule has 0 bridgehead atoms. The van der Waals surface area contributed by atoms with Crippen LogP contribution in [0.4, 0.5) is 11.4 Å². The molecule has 0 aliphatic carbocycles. The van der Waals surface area contributed by atoms with E-state index < -0.39 is 0 Å². The van der Waals surface area contributed by atoms with E-state index in [-0.39, 0.29) is 30.6 Å². The maximum absolute atomic E-state index is 13.1. The molecule has 5 nitrogen and oxygen atoms in total. The highest BCUT2D eigenvalue weighted by molar-refractivity contribution is 6.20. The molecule has 0 atom stereocenters. The van der Waals surface area contributed by atoms with Gasteiger partial charge in [0.2, 0.25) is 11.8 Å². The Morgan fingerprint density at radius 3 is 2.38 bits per heavy atom. The number of benzene rings is 2. The topological polar surface area (TPSA) is 57.7 Å². The fraction of sp³-hybridized carbons (Fsp3) is 0.286. The van der Waals surface area contributed by atoms with E-state index in [4.69, 9.17) is 0 Å². The van der Waals surface area contributed by atoms with Crippen LogP contribution in [0, 0.1) is 13.8 Å². The van der Waals surface area contributed by atoms with Crippen molar-refractivity contribution in [2.75, 3.05) is 16.3 Å². The molecule has 1 aliphatic rings. The molecule has 3 amide bonds. The predicted molar refractivity (Wildman–Crippen MR) is 101 cm³/mol. The minimum Gasteiger partial charge on any atom is -0.308 e. The summed E-state index contributed by atoms with van der Waals surface area (Å²) in [6.45, 7) is 6.42. The van der Waals surface area contributed by atoms with E-state index >= 15 is 0 Å². The molecule has 1 heterocycles. The summed E-state index contributed by atoms with van der Waals surface area (Å²) < 4.78 is 0. The third-order valence-electron chi connectivity index (χ3n) is 4.62. The molecule has 134 valence electrons. The Morgan fingerprint density at radius 1 is 1.04 bits per heavy atom. The molecule has 3 rings (SSSR count). The molecule has 1 saturated heterocycles. The van der Waals surface area contributed by atoms with Crippen LogP contribution in [0.2, 0.25) is 0 Å². The number of hydrogen-bond acceptors (Lipinski definition) is 3. The van der Waals surface area contributed by atoms with Crippen LogP contribution in [0.25, 0.3) is 0 Å². The van der Waals surface area contributed by atoms with Crippen molar-refractivity contribution < 1.29 is 14.4 Å². The van der Waals surface area contributed by atoms with Crippen molar-refractivity contribution in [2.45, 2.75) is 33.6 Å². The molecule has 1 fully saturated rings. The van der Waals surface area contributed by atoms with E-state index in [9.17, 15) is 14.4 Å². The summed E-state index contributed by atoms with van der Waals surface area (Å²) in [6.07, 6.45) is 0.446. The van der Waals surface area contributed by atoms with Crippen LogP contribution in [0.3, 0.4) is 0 Å². The molecule has 0 aromatic heterocycles. The fourth-order valence-corrected chi connectivity index (χ4v) is 3.23. The summed E-state index contributed by atoms with van der Waals surface area (Å²) in [7, 11) is 0. The first kappa shape index (κ1) is 17.9.